The molecule has 108 valence electrons. The minimum absolute atomic E-state index is 0.188. The lowest BCUT2D eigenvalue weighted by Crippen LogP contribution is -2.38. The van der Waals surface area contributed by atoms with Crippen LogP contribution in [0.5, 0.6) is 0 Å². The summed E-state index contributed by atoms with van der Waals surface area (Å²) in [7, 11) is 1.84. The molecule has 2 rings (SSSR count). The zero-order chi connectivity index (χ0) is 13.9. The summed E-state index contributed by atoms with van der Waals surface area (Å²) in [5, 5.41) is 2.99. The quantitative estimate of drug-likeness (QED) is 0.916. The number of nitrogens with one attached hydrogen (secondary N) is 1. The molecule has 19 heavy (non-hydrogen) atoms. The fourth-order valence-electron chi connectivity index (χ4n) is 2.42. The smallest absolute Gasteiger partial charge is 0.391 e. The zero-order valence-corrected chi connectivity index (χ0v) is 11.0. The van der Waals surface area contributed by atoms with E-state index >= 15 is 0 Å². The molecule has 1 N–H and O–H groups in total. The van der Waals surface area contributed by atoms with Gasteiger partial charge >= 0.3 is 6.18 Å². The number of hydrogen-bond donors (Lipinski definition) is 1. The summed E-state index contributed by atoms with van der Waals surface area (Å²) in [6.45, 7) is 2.21. The van der Waals surface area contributed by atoms with E-state index in [2.05, 4.69) is 5.32 Å². The predicted octanol–water partition coefficient (Wildman–Crippen LogP) is 2.77. The van der Waals surface area contributed by atoms with Crippen LogP contribution in [0, 0.1) is 5.92 Å². The maximum atomic E-state index is 12.5. The molecule has 0 bridgehead atoms. The van der Waals surface area contributed by atoms with Crippen molar-refractivity contribution in [1.82, 2.24) is 10.2 Å². The van der Waals surface area contributed by atoms with Crippen molar-refractivity contribution in [2.24, 2.45) is 5.92 Å². The van der Waals surface area contributed by atoms with Crippen molar-refractivity contribution < 1.29 is 17.6 Å². The Morgan fingerprint density at radius 3 is 2.47 bits per heavy atom. The minimum atomic E-state index is -4.04. The van der Waals surface area contributed by atoms with Gasteiger partial charge in [0.1, 0.15) is 11.5 Å². The molecule has 2 heterocycles. The maximum absolute atomic E-state index is 12.5. The highest BCUT2D eigenvalue weighted by atomic mass is 19.4. The molecular weight excluding hydrogens is 257 g/mol. The SMILES string of the molecule is CNCc1ccc(CN2CCC(C(F)(F)F)CC2)o1. The van der Waals surface area contributed by atoms with Gasteiger partial charge in [0.25, 0.3) is 0 Å². The number of nitrogens with zero attached hydrogens (tertiary/aromatic N) is 1. The van der Waals surface area contributed by atoms with Crippen molar-refractivity contribution in [3.63, 3.8) is 0 Å². The highest BCUT2D eigenvalue weighted by Crippen LogP contribution is 2.34. The van der Waals surface area contributed by atoms with E-state index in [4.69, 9.17) is 4.42 Å². The van der Waals surface area contributed by atoms with E-state index in [-0.39, 0.29) is 12.8 Å². The van der Waals surface area contributed by atoms with E-state index in [0.29, 0.717) is 26.2 Å². The third-order valence-electron chi connectivity index (χ3n) is 3.50. The number of furan rings is 1. The Labute approximate surface area is 110 Å². The Morgan fingerprint density at radius 2 is 1.89 bits per heavy atom. The highest BCUT2D eigenvalue weighted by molar-refractivity contribution is 5.07. The van der Waals surface area contributed by atoms with Gasteiger partial charge in [0, 0.05) is 0 Å². The molecule has 1 fully saturated rings. The summed E-state index contributed by atoms with van der Waals surface area (Å²) in [6.07, 6.45) is -3.67. The summed E-state index contributed by atoms with van der Waals surface area (Å²) in [4.78, 5) is 2.02. The molecule has 0 unspecified atom stereocenters. The minimum Gasteiger partial charge on any atom is -0.463 e. The van der Waals surface area contributed by atoms with Gasteiger partial charge in [0.2, 0.25) is 0 Å². The van der Waals surface area contributed by atoms with Crippen molar-refractivity contribution in [3.05, 3.63) is 23.7 Å². The number of hydrogen-bond acceptors (Lipinski definition) is 3. The zero-order valence-electron chi connectivity index (χ0n) is 11.0. The van der Waals surface area contributed by atoms with Gasteiger partial charge < -0.3 is 9.73 Å². The first-order valence-corrected chi connectivity index (χ1v) is 6.50. The van der Waals surface area contributed by atoms with Crippen molar-refractivity contribution in [2.75, 3.05) is 20.1 Å². The van der Waals surface area contributed by atoms with Crippen LogP contribution in [-0.2, 0) is 13.1 Å². The molecule has 0 amide bonds. The predicted molar refractivity (Wildman–Crippen MR) is 65.5 cm³/mol. The molecule has 1 aliphatic heterocycles. The lowest BCUT2D eigenvalue weighted by molar-refractivity contribution is -0.185. The number of likely N-dealkylation sites (tertiary alicyclic amines) is 1. The van der Waals surface area contributed by atoms with Gasteiger partial charge in [-0.2, -0.15) is 13.2 Å². The van der Waals surface area contributed by atoms with Crippen molar-refractivity contribution >= 4 is 0 Å². The molecule has 0 radical (unpaired) electrons. The lowest BCUT2D eigenvalue weighted by Gasteiger charge is -2.32. The molecule has 0 atom stereocenters. The molecule has 1 aromatic rings. The van der Waals surface area contributed by atoms with Crippen LogP contribution < -0.4 is 5.32 Å². The summed E-state index contributed by atoms with van der Waals surface area (Å²) >= 11 is 0. The fourth-order valence-corrected chi connectivity index (χ4v) is 2.42. The normalized spacial score (nSPS) is 18.9. The molecular formula is C13H19F3N2O. The van der Waals surface area contributed by atoms with Gasteiger partial charge in [-0.1, -0.05) is 0 Å². The monoisotopic (exact) mass is 276 g/mol. The van der Waals surface area contributed by atoms with E-state index in [0.717, 1.165) is 11.5 Å². The highest BCUT2D eigenvalue weighted by Gasteiger charge is 2.41. The van der Waals surface area contributed by atoms with Gasteiger partial charge in [-0.3, -0.25) is 4.90 Å². The number of alkyl halides is 3. The first kappa shape index (κ1) is 14.4. The number of rotatable bonds is 4. The average molecular weight is 276 g/mol. The van der Waals surface area contributed by atoms with E-state index in [1.165, 1.54) is 0 Å². The van der Waals surface area contributed by atoms with Crippen LogP contribution >= 0.6 is 0 Å². The van der Waals surface area contributed by atoms with E-state index in [9.17, 15) is 13.2 Å². The molecule has 6 heteroatoms. The van der Waals surface area contributed by atoms with Crippen LogP contribution in [0.3, 0.4) is 0 Å². The number of halogens is 3. The Balaban J connectivity index is 1.82. The summed E-state index contributed by atoms with van der Waals surface area (Å²) in [5.74, 6) is 0.526. The second kappa shape index (κ2) is 5.96. The first-order chi connectivity index (χ1) is 8.99. The van der Waals surface area contributed by atoms with Crippen LogP contribution in [0.1, 0.15) is 24.4 Å². The molecule has 1 saturated heterocycles. The molecule has 0 spiro atoms. The second-order valence-corrected chi connectivity index (χ2v) is 4.99. The van der Waals surface area contributed by atoms with Crippen molar-refractivity contribution in [3.8, 4) is 0 Å². The first-order valence-electron chi connectivity index (χ1n) is 6.50. The summed E-state index contributed by atoms with van der Waals surface area (Å²) in [5.41, 5.74) is 0. The molecule has 0 aliphatic carbocycles. The Kier molecular flexibility index (Phi) is 4.52. The van der Waals surface area contributed by atoms with Crippen LogP contribution in [0.25, 0.3) is 0 Å². The Hall–Kier alpha value is -1.01. The maximum Gasteiger partial charge on any atom is 0.391 e. The molecule has 1 aromatic heterocycles. The van der Waals surface area contributed by atoms with Crippen LogP contribution in [-0.4, -0.2) is 31.2 Å². The Bertz CT molecular complexity index is 395. The molecule has 0 saturated carbocycles. The molecule has 1 aliphatic rings. The van der Waals surface area contributed by atoms with E-state index < -0.39 is 12.1 Å². The summed E-state index contributed by atoms with van der Waals surface area (Å²) in [6, 6.07) is 3.79. The van der Waals surface area contributed by atoms with Crippen LogP contribution in [0.4, 0.5) is 13.2 Å². The van der Waals surface area contributed by atoms with Crippen LogP contribution in [0.15, 0.2) is 16.5 Å². The van der Waals surface area contributed by atoms with Crippen LogP contribution in [0.2, 0.25) is 0 Å². The average Bonchev–Trinajstić information content (AvgIpc) is 2.77. The topological polar surface area (TPSA) is 28.4 Å². The Morgan fingerprint density at radius 1 is 1.26 bits per heavy atom. The van der Waals surface area contributed by atoms with E-state index in [1.54, 1.807) is 0 Å². The standard InChI is InChI=1S/C13H19F3N2O/c1-17-8-11-2-3-12(19-11)9-18-6-4-10(5-7-18)13(14,15)16/h2-3,10,17H,4-9H2,1H3. The summed E-state index contributed by atoms with van der Waals surface area (Å²) < 4.78 is 43.2. The largest absolute Gasteiger partial charge is 0.463 e. The lowest BCUT2D eigenvalue weighted by atomic mass is 9.96. The second-order valence-electron chi connectivity index (χ2n) is 4.99. The van der Waals surface area contributed by atoms with Gasteiger partial charge in [0.05, 0.1) is 19.0 Å². The molecule has 0 aromatic carbocycles. The fraction of sp³-hybridized carbons (Fsp3) is 0.692. The van der Waals surface area contributed by atoms with Gasteiger partial charge in [-0.15, -0.1) is 0 Å². The van der Waals surface area contributed by atoms with Crippen molar-refractivity contribution in [2.45, 2.75) is 32.1 Å². The van der Waals surface area contributed by atoms with Gasteiger partial charge in [-0.05, 0) is 45.1 Å². The third kappa shape index (κ3) is 3.98. The molecule has 3 nitrogen and oxygen atoms in total. The number of piperidine rings is 1. The van der Waals surface area contributed by atoms with Gasteiger partial charge in [0.15, 0.2) is 0 Å². The van der Waals surface area contributed by atoms with Gasteiger partial charge in [-0.25, -0.2) is 0 Å². The van der Waals surface area contributed by atoms with Crippen molar-refractivity contribution in [1.29, 1.82) is 0 Å². The van der Waals surface area contributed by atoms with E-state index in [1.807, 2.05) is 24.1 Å². The third-order valence-corrected chi connectivity index (χ3v) is 3.50.